The summed E-state index contributed by atoms with van der Waals surface area (Å²) < 4.78 is 0.964. The normalized spacial score (nSPS) is 19.0. The topological polar surface area (TPSA) is 54.6 Å². The third-order valence-corrected chi connectivity index (χ3v) is 4.25. The van der Waals surface area contributed by atoms with Gasteiger partial charge >= 0.3 is 0 Å². The van der Waals surface area contributed by atoms with Gasteiger partial charge in [0, 0.05) is 24.7 Å². The van der Waals surface area contributed by atoms with Gasteiger partial charge in [0.1, 0.15) is 11.9 Å². The van der Waals surface area contributed by atoms with E-state index in [0.717, 1.165) is 28.4 Å². The van der Waals surface area contributed by atoms with Crippen molar-refractivity contribution >= 4 is 22.9 Å². The maximum Gasteiger partial charge on any atom is 0.267 e. The average Bonchev–Trinajstić information content (AvgIpc) is 2.56. The first-order valence-electron chi connectivity index (χ1n) is 7.73. The first-order valence-corrected chi connectivity index (χ1v) is 7.73. The fourth-order valence-electron chi connectivity index (χ4n) is 3.15. The summed E-state index contributed by atoms with van der Waals surface area (Å²) >= 11 is 0. The molecule has 3 heterocycles. The Labute approximate surface area is 135 Å². The zero-order valence-electron chi connectivity index (χ0n) is 13.2. The fourth-order valence-corrected chi connectivity index (χ4v) is 3.15. The third-order valence-electron chi connectivity index (χ3n) is 4.25. The van der Waals surface area contributed by atoms with E-state index < -0.39 is 0 Å². The molecule has 0 unspecified atom stereocenters. The molecule has 0 bridgehead atoms. The highest BCUT2D eigenvalue weighted by Crippen LogP contribution is 2.37. The first-order chi connectivity index (χ1) is 11.1. The van der Waals surface area contributed by atoms with E-state index in [2.05, 4.69) is 23.7 Å². The lowest BCUT2D eigenvalue weighted by atomic mass is 9.89. The molecule has 2 aromatic rings. The zero-order valence-corrected chi connectivity index (χ0v) is 13.2. The number of anilines is 1. The van der Waals surface area contributed by atoms with Crippen molar-refractivity contribution in [2.24, 2.45) is 10.4 Å². The molecule has 0 aliphatic carbocycles. The zero-order chi connectivity index (χ0) is 16.0. The van der Waals surface area contributed by atoms with E-state index in [1.54, 1.807) is 12.4 Å². The van der Waals surface area contributed by atoms with E-state index in [-0.39, 0.29) is 5.41 Å². The monoisotopic (exact) mass is 306 g/mol. The van der Waals surface area contributed by atoms with Crippen LogP contribution in [0.1, 0.15) is 19.4 Å². The number of amidine groups is 1. The van der Waals surface area contributed by atoms with Crippen molar-refractivity contribution < 1.29 is 4.74 Å². The summed E-state index contributed by atoms with van der Waals surface area (Å²) in [6.07, 6.45) is 3.35. The smallest absolute Gasteiger partial charge is 0.267 e. The van der Waals surface area contributed by atoms with Crippen molar-refractivity contribution in [1.29, 1.82) is 0 Å². The summed E-state index contributed by atoms with van der Waals surface area (Å²) in [6.45, 7) is 5.93. The minimum atomic E-state index is 0.0664. The lowest BCUT2D eigenvalue weighted by Crippen LogP contribution is -2.51. The van der Waals surface area contributed by atoms with Gasteiger partial charge in [-0.25, -0.2) is 0 Å². The summed E-state index contributed by atoms with van der Waals surface area (Å²) in [5.74, 6) is 0.754. The molecule has 5 nitrogen and oxygen atoms in total. The summed E-state index contributed by atoms with van der Waals surface area (Å²) in [4.78, 5) is 11.0. The molecule has 0 fully saturated rings. The molecule has 0 atom stereocenters. The van der Waals surface area contributed by atoms with Crippen LogP contribution in [0.2, 0.25) is 0 Å². The Morgan fingerprint density at radius 3 is 2.74 bits per heavy atom. The fraction of sp³-hybridized carbons (Fsp3) is 0.278. The van der Waals surface area contributed by atoms with Gasteiger partial charge in [-0.1, -0.05) is 32.0 Å². The van der Waals surface area contributed by atoms with Crippen molar-refractivity contribution in [3.8, 4) is 0 Å². The summed E-state index contributed by atoms with van der Waals surface area (Å²) in [7, 11) is 0. The van der Waals surface area contributed by atoms with Gasteiger partial charge in [-0.15, -0.1) is 0 Å². The molecule has 4 rings (SSSR count). The maximum absolute atomic E-state index is 13.0. The molecule has 23 heavy (non-hydrogen) atoms. The van der Waals surface area contributed by atoms with Gasteiger partial charge in [-0.2, -0.15) is 4.74 Å². The second-order valence-electron chi connectivity index (χ2n) is 6.76. The third kappa shape index (κ3) is 2.20. The van der Waals surface area contributed by atoms with E-state index in [1.807, 2.05) is 36.4 Å². The van der Waals surface area contributed by atoms with Gasteiger partial charge in [-0.05, 0) is 18.2 Å². The van der Waals surface area contributed by atoms with Crippen molar-refractivity contribution in [1.82, 2.24) is 4.98 Å². The molecule has 1 aromatic heterocycles. The second-order valence-corrected chi connectivity index (χ2v) is 6.76. The van der Waals surface area contributed by atoms with Gasteiger partial charge in [0.2, 0.25) is 5.84 Å². The molecular weight excluding hydrogens is 288 g/mol. The number of hydrogen-bond acceptors (Lipinski definition) is 4. The summed E-state index contributed by atoms with van der Waals surface area (Å²) in [6, 6.07) is 11.6. The van der Waals surface area contributed by atoms with Gasteiger partial charge in [0.25, 0.3) is 11.4 Å². The van der Waals surface area contributed by atoms with Crippen molar-refractivity contribution in [2.45, 2.75) is 13.8 Å². The molecule has 0 radical (unpaired) electrons. The summed E-state index contributed by atoms with van der Waals surface area (Å²) in [5, 5.41) is 13.0. The Morgan fingerprint density at radius 1 is 1.17 bits per heavy atom. The predicted octanol–water partition coefficient (Wildman–Crippen LogP) is 2.97. The van der Waals surface area contributed by atoms with E-state index in [4.69, 9.17) is 4.99 Å². The molecule has 116 valence electrons. The molecule has 2 aliphatic rings. The molecule has 0 amide bonds. The second kappa shape index (κ2) is 4.91. The van der Waals surface area contributed by atoms with E-state index in [9.17, 15) is 5.21 Å². The van der Waals surface area contributed by atoms with Gasteiger partial charge in [0.05, 0.1) is 5.56 Å². The quantitative estimate of drug-likeness (QED) is 0.601. The van der Waals surface area contributed by atoms with Crippen LogP contribution in [0.5, 0.6) is 0 Å². The summed E-state index contributed by atoms with van der Waals surface area (Å²) in [5.41, 5.74) is 2.99. The molecule has 0 N–H and O–H groups in total. The average molecular weight is 306 g/mol. The maximum atomic E-state index is 13.0. The first kappa shape index (κ1) is 13.9. The molecule has 2 aliphatic heterocycles. The van der Waals surface area contributed by atoms with Crippen LogP contribution in [0.25, 0.3) is 0 Å². The van der Waals surface area contributed by atoms with Crippen LogP contribution in [-0.2, 0) is 0 Å². The van der Waals surface area contributed by atoms with Crippen molar-refractivity contribution in [2.75, 3.05) is 18.0 Å². The Hall–Kier alpha value is -2.69. The Kier molecular flexibility index (Phi) is 2.98. The van der Waals surface area contributed by atoms with Crippen LogP contribution < -0.4 is 4.90 Å². The minimum Gasteiger partial charge on any atom is -0.618 e. The number of pyridine rings is 1. The molecule has 0 saturated carbocycles. The van der Waals surface area contributed by atoms with Crippen LogP contribution in [0.15, 0.2) is 53.8 Å². The highest BCUT2D eigenvalue weighted by Gasteiger charge is 2.41. The largest absolute Gasteiger partial charge is 0.618 e. The van der Waals surface area contributed by atoms with Crippen LogP contribution in [0, 0.1) is 10.6 Å². The molecular formula is C18H18N4O. The molecule has 0 spiro atoms. The highest BCUT2D eigenvalue weighted by molar-refractivity contribution is 6.51. The van der Waals surface area contributed by atoms with Gasteiger partial charge < -0.3 is 10.1 Å². The predicted molar refractivity (Wildman–Crippen MR) is 91.5 cm³/mol. The highest BCUT2D eigenvalue weighted by atomic mass is 16.5. The minimum absolute atomic E-state index is 0.0664. The van der Waals surface area contributed by atoms with Gasteiger partial charge in [-0.3, -0.25) is 9.98 Å². The SMILES string of the molecule is CC1(C)CN=C2C(c3ccccc3)=[N+]([O-])c3cnccc3N2C1. The number of rotatable bonds is 1. The van der Waals surface area contributed by atoms with Crippen LogP contribution >= 0.6 is 0 Å². The molecule has 0 saturated heterocycles. The number of aromatic nitrogens is 1. The molecule has 1 aromatic carbocycles. The number of fused-ring (bicyclic) bond motifs is 3. The number of aliphatic imine (C=N–C) groups is 1. The van der Waals surface area contributed by atoms with Crippen LogP contribution in [0.4, 0.5) is 11.4 Å². The lowest BCUT2D eigenvalue weighted by Gasteiger charge is -2.39. The van der Waals surface area contributed by atoms with Gasteiger partial charge in [0.15, 0.2) is 0 Å². The number of hydrogen-bond donors (Lipinski definition) is 0. The van der Waals surface area contributed by atoms with E-state index >= 15 is 0 Å². The lowest BCUT2D eigenvalue weighted by molar-refractivity contribution is -0.358. The standard InChI is InChI=1S/C18H18N4O/c1-18(2)11-20-17-16(13-6-4-3-5-7-13)22(23)15-10-19-9-8-14(15)21(17)12-18/h3-10H,11-12H2,1-2H3. The Balaban J connectivity index is 1.99. The van der Waals surface area contributed by atoms with Crippen LogP contribution in [0.3, 0.4) is 0 Å². The van der Waals surface area contributed by atoms with Crippen LogP contribution in [-0.4, -0.2) is 34.4 Å². The Morgan fingerprint density at radius 2 is 1.96 bits per heavy atom. The number of benzene rings is 1. The van der Waals surface area contributed by atoms with Crippen molar-refractivity contribution in [3.05, 3.63) is 59.6 Å². The Bertz CT molecular complexity index is 824. The number of nitrogens with zero attached hydrogens (tertiary/aromatic N) is 4. The van der Waals surface area contributed by atoms with Crippen molar-refractivity contribution in [3.63, 3.8) is 0 Å². The molecule has 5 heteroatoms. The van der Waals surface area contributed by atoms with E-state index in [1.165, 1.54) is 0 Å². The van der Waals surface area contributed by atoms with E-state index in [0.29, 0.717) is 17.9 Å².